The molecule has 62 heavy (non-hydrogen) atoms. The number of nitrogens with one attached hydrogen (secondary N) is 3. The van der Waals surface area contributed by atoms with E-state index in [1.165, 1.54) is 19.3 Å². The number of hydrogen-bond acceptors (Lipinski definition) is 17. The van der Waals surface area contributed by atoms with Crippen LogP contribution >= 0.6 is 0 Å². The van der Waals surface area contributed by atoms with Gasteiger partial charge >= 0.3 is 0 Å². The highest BCUT2D eigenvalue weighted by Crippen LogP contribution is 2.49. The van der Waals surface area contributed by atoms with Crippen molar-refractivity contribution in [3.63, 3.8) is 0 Å². The lowest BCUT2D eigenvalue weighted by Crippen LogP contribution is -2.64. The Kier molecular flexibility index (Phi) is 9.34. The molecule has 2 aliphatic carbocycles. The molecular weight excluding hydrogens is 779 g/mol. The van der Waals surface area contributed by atoms with E-state index < -0.39 is 5.54 Å². The number of fused-ring (bicyclic) bond motifs is 8. The fraction of sp³-hybridized carbons (Fsp3) is 0.489. The average Bonchev–Trinajstić information content (AvgIpc) is 3.89. The number of nitrogens with zero attached hydrogens (tertiary/aromatic N) is 14. The van der Waals surface area contributed by atoms with Gasteiger partial charge in [0, 0.05) is 64.1 Å². The van der Waals surface area contributed by atoms with Crippen LogP contribution in [0.3, 0.4) is 0 Å². The zero-order valence-electron chi connectivity index (χ0n) is 35.1. The Morgan fingerprint density at radius 2 is 1.42 bits per heavy atom. The molecule has 17 heteroatoms. The number of anilines is 8. The summed E-state index contributed by atoms with van der Waals surface area (Å²) >= 11 is 0. The van der Waals surface area contributed by atoms with Crippen LogP contribution in [-0.2, 0) is 0 Å². The summed E-state index contributed by atoms with van der Waals surface area (Å²) in [7, 11) is 0. The Bertz CT molecular complexity index is 2450. The van der Waals surface area contributed by atoms with Crippen molar-refractivity contribution in [3.05, 3.63) is 60.7 Å². The summed E-state index contributed by atoms with van der Waals surface area (Å²) in [6.45, 7) is 9.09. The van der Waals surface area contributed by atoms with Crippen LogP contribution in [0.2, 0.25) is 0 Å². The number of hydrogen-bond donors (Lipinski definition) is 3. The summed E-state index contributed by atoms with van der Waals surface area (Å²) in [5.41, 5.74) is 3.43. The minimum atomic E-state index is -0.469. The Morgan fingerprint density at radius 1 is 0.661 bits per heavy atom. The standard InChI is InChI=1S/C45H53N17/c1-3-13-44(14-4-1)29-53-39-28-48-34-27-52-43(57-41(34)61(39)44)60(37-12-9-33(26-50-37)59-22-18-47-19-23-59)35-6-2-5-15-45(35)30-54-38-11-7-31-24-51-42(56-40(31)62(38)45)55-36-10-8-32(25-49-36)58-20-16-46-17-21-58/h7-12,24-28,35,46-47H,1-6,13-23,29-30H2,(H,49,51,55,56). The molecule has 2 saturated heterocycles. The quantitative estimate of drug-likeness (QED) is 0.227. The zero-order chi connectivity index (χ0) is 41.1. The van der Waals surface area contributed by atoms with Gasteiger partial charge in [0.05, 0.1) is 66.4 Å². The van der Waals surface area contributed by atoms with Crippen molar-refractivity contribution in [1.82, 2.24) is 40.5 Å². The van der Waals surface area contributed by atoms with E-state index >= 15 is 0 Å². The van der Waals surface area contributed by atoms with Gasteiger partial charge in [-0.2, -0.15) is 9.97 Å². The lowest BCUT2D eigenvalue weighted by atomic mass is 9.75. The van der Waals surface area contributed by atoms with E-state index in [0.717, 1.165) is 149 Å². The Hall–Kier alpha value is -6.07. The number of aliphatic imine (C=N–C) groups is 3. The molecule has 2 unspecified atom stereocenters. The fourth-order valence-electron chi connectivity index (χ4n) is 11.2. The van der Waals surface area contributed by atoms with Gasteiger partial charge in [-0.25, -0.2) is 24.9 Å². The van der Waals surface area contributed by atoms with E-state index in [1.807, 2.05) is 37.1 Å². The first-order valence-electron chi connectivity index (χ1n) is 22.7. The molecule has 0 bridgehead atoms. The maximum absolute atomic E-state index is 5.54. The molecule has 8 aliphatic rings. The van der Waals surface area contributed by atoms with Gasteiger partial charge in [-0.1, -0.05) is 32.1 Å². The largest absolute Gasteiger partial charge is 0.368 e. The molecule has 2 atom stereocenters. The van der Waals surface area contributed by atoms with Gasteiger partial charge in [0.2, 0.25) is 11.9 Å². The third-order valence-corrected chi connectivity index (χ3v) is 14.3. The molecule has 0 radical (unpaired) electrons. The highest BCUT2D eigenvalue weighted by molar-refractivity contribution is 6.39. The molecule has 10 heterocycles. The highest BCUT2D eigenvalue weighted by atomic mass is 15.4. The third-order valence-electron chi connectivity index (χ3n) is 14.3. The minimum Gasteiger partial charge on any atom is -0.368 e. The van der Waals surface area contributed by atoms with Gasteiger partial charge in [-0.15, -0.1) is 0 Å². The normalized spacial score (nSPS) is 24.7. The van der Waals surface area contributed by atoms with Gasteiger partial charge in [0.1, 0.15) is 34.8 Å². The Labute approximate surface area is 361 Å². The molecule has 0 amide bonds. The van der Waals surface area contributed by atoms with Crippen LogP contribution in [0.15, 0.2) is 70.1 Å². The summed E-state index contributed by atoms with van der Waals surface area (Å²) in [4.78, 5) is 57.8. The van der Waals surface area contributed by atoms with Crippen LogP contribution in [0.1, 0.15) is 63.4 Å². The van der Waals surface area contributed by atoms with Crippen molar-refractivity contribution in [2.75, 3.05) is 95.3 Å². The number of amidine groups is 2. The topological polar surface area (TPSA) is 167 Å². The summed E-state index contributed by atoms with van der Waals surface area (Å²) < 4.78 is 0. The molecule has 318 valence electrons. The molecule has 6 aliphatic heterocycles. The summed E-state index contributed by atoms with van der Waals surface area (Å²) in [5, 5.41) is 10.3. The second-order valence-corrected chi connectivity index (χ2v) is 17.9. The van der Waals surface area contributed by atoms with E-state index in [4.69, 9.17) is 44.9 Å². The Morgan fingerprint density at radius 3 is 2.18 bits per heavy atom. The molecule has 4 fully saturated rings. The van der Waals surface area contributed by atoms with Crippen LogP contribution < -0.4 is 40.4 Å². The van der Waals surface area contributed by atoms with E-state index in [-0.39, 0.29) is 11.6 Å². The molecule has 2 spiro atoms. The first kappa shape index (κ1) is 37.7. The van der Waals surface area contributed by atoms with E-state index in [9.17, 15) is 0 Å². The lowest BCUT2D eigenvalue weighted by Gasteiger charge is -2.51. The van der Waals surface area contributed by atoms with E-state index in [1.54, 1.807) is 0 Å². The highest BCUT2D eigenvalue weighted by Gasteiger charge is 2.55. The molecule has 17 nitrogen and oxygen atoms in total. The van der Waals surface area contributed by atoms with Gasteiger partial charge in [-0.05, 0) is 62.1 Å². The molecular formula is C45H53N17. The van der Waals surface area contributed by atoms with Gasteiger partial charge in [0.15, 0.2) is 5.82 Å². The van der Waals surface area contributed by atoms with Crippen LogP contribution in [0, 0.1) is 0 Å². The molecule has 4 aromatic rings. The first-order chi connectivity index (χ1) is 30.6. The lowest BCUT2D eigenvalue weighted by molar-refractivity contribution is 0.267. The SMILES string of the molecule is C1=Cc2cnc(Nc3ccc(N4CCNCC4)cn3)nc2N2C1=NCC21CCCCC1N(c1ccc(N2CCNCC2)cn1)c1ncc2c(n1)N1C(=NCC13CCCCC3)C=N2. The second kappa shape index (κ2) is 15.4. The van der Waals surface area contributed by atoms with Gasteiger partial charge in [0.25, 0.3) is 0 Å². The molecule has 0 aromatic carbocycles. The van der Waals surface area contributed by atoms with Gasteiger partial charge in [-0.3, -0.25) is 19.8 Å². The molecule has 2 saturated carbocycles. The van der Waals surface area contributed by atoms with Crippen molar-refractivity contribution in [1.29, 1.82) is 0 Å². The summed E-state index contributed by atoms with van der Waals surface area (Å²) in [6.07, 6.45) is 23.6. The number of aromatic nitrogens is 6. The molecule has 3 N–H and O–H groups in total. The summed E-state index contributed by atoms with van der Waals surface area (Å²) in [5.74, 6) is 6.13. The molecule has 4 aromatic heterocycles. The van der Waals surface area contributed by atoms with Crippen LogP contribution in [-0.4, -0.2) is 130 Å². The van der Waals surface area contributed by atoms with E-state index in [2.05, 4.69) is 70.8 Å². The van der Waals surface area contributed by atoms with Crippen molar-refractivity contribution in [2.24, 2.45) is 15.0 Å². The zero-order valence-corrected chi connectivity index (χ0v) is 35.1. The monoisotopic (exact) mass is 831 g/mol. The minimum absolute atomic E-state index is 0.0768. The predicted octanol–water partition coefficient (Wildman–Crippen LogP) is 5.02. The van der Waals surface area contributed by atoms with Crippen molar-refractivity contribution < 1.29 is 0 Å². The van der Waals surface area contributed by atoms with Gasteiger partial charge < -0.3 is 30.7 Å². The average molecular weight is 832 g/mol. The maximum Gasteiger partial charge on any atom is 0.233 e. The number of piperazine rings is 2. The van der Waals surface area contributed by atoms with E-state index in [0.29, 0.717) is 24.3 Å². The Balaban J connectivity index is 0.928. The van der Waals surface area contributed by atoms with Crippen LogP contribution in [0.5, 0.6) is 0 Å². The number of rotatable bonds is 7. The van der Waals surface area contributed by atoms with Crippen LogP contribution in [0.4, 0.5) is 52.2 Å². The van der Waals surface area contributed by atoms with Crippen molar-refractivity contribution >= 4 is 76.2 Å². The van der Waals surface area contributed by atoms with Crippen LogP contribution in [0.25, 0.3) is 6.08 Å². The number of pyridine rings is 2. The summed E-state index contributed by atoms with van der Waals surface area (Å²) in [6, 6.07) is 8.41. The van der Waals surface area contributed by atoms with Crippen molar-refractivity contribution in [2.45, 2.75) is 74.9 Å². The maximum atomic E-state index is 5.54. The third kappa shape index (κ3) is 6.38. The molecule has 12 rings (SSSR count). The second-order valence-electron chi connectivity index (χ2n) is 17.9. The smallest absolute Gasteiger partial charge is 0.233 e. The fourth-order valence-corrected chi connectivity index (χ4v) is 11.2. The predicted molar refractivity (Wildman–Crippen MR) is 246 cm³/mol. The first-order valence-corrected chi connectivity index (χ1v) is 22.7. The van der Waals surface area contributed by atoms with Crippen molar-refractivity contribution in [3.8, 4) is 0 Å².